The largest absolute Gasteiger partial charge is 0.481 e. The SMILES string of the molecule is CC1CCC(NC(C)CCCC(C)C(=O)O)CC1. The van der Waals surface area contributed by atoms with Gasteiger partial charge in [-0.05, 0) is 51.4 Å². The van der Waals surface area contributed by atoms with Crippen LogP contribution in [0, 0.1) is 11.8 Å². The lowest BCUT2D eigenvalue weighted by Crippen LogP contribution is -2.38. The van der Waals surface area contributed by atoms with E-state index >= 15 is 0 Å². The molecule has 0 amide bonds. The second-order valence-electron chi connectivity index (χ2n) is 6.19. The second kappa shape index (κ2) is 7.78. The number of carbonyl (C=O) groups is 1. The molecule has 0 bridgehead atoms. The fourth-order valence-corrected chi connectivity index (χ4v) is 2.77. The lowest BCUT2D eigenvalue weighted by atomic mass is 9.87. The summed E-state index contributed by atoms with van der Waals surface area (Å²) in [5, 5.41) is 12.5. The fraction of sp³-hybridized carbons (Fsp3) is 0.933. The monoisotopic (exact) mass is 255 g/mol. The normalized spacial score (nSPS) is 27.7. The molecule has 3 heteroatoms. The minimum Gasteiger partial charge on any atom is -0.481 e. The van der Waals surface area contributed by atoms with E-state index in [1.165, 1.54) is 25.7 Å². The van der Waals surface area contributed by atoms with Crippen LogP contribution in [0.15, 0.2) is 0 Å². The Morgan fingerprint density at radius 3 is 2.39 bits per heavy atom. The van der Waals surface area contributed by atoms with Gasteiger partial charge in [-0.3, -0.25) is 4.79 Å². The molecule has 2 N–H and O–H groups in total. The summed E-state index contributed by atoms with van der Waals surface area (Å²) in [4.78, 5) is 10.7. The zero-order chi connectivity index (χ0) is 13.5. The van der Waals surface area contributed by atoms with Crippen LogP contribution in [0.2, 0.25) is 0 Å². The molecule has 2 unspecified atom stereocenters. The van der Waals surface area contributed by atoms with Gasteiger partial charge < -0.3 is 10.4 Å². The van der Waals surface area contributed by atoms with Crippen LogP contribution < -0.4 is 5.32 Å². The zero-order valence-electron chi connectivity index (χ0n) is 12.1. The third-order valence-electron chi connectivity index (χ3n) is 4.23. The van der Waals surface area contributed by atoms with Gasteiger partial charge in [0.1, 0.15) is 0 Å². The van der Waals surface area contributed by atoms with E-state index in [1.54, 1.807) is 6.92 Å². The average Bonchev–Trinajstić information content (AvgIpc) is 2.32. The molecule has 18 heavy (non-hydrogen) atoms. The van der Waals surface area contributed by atoms with Gasteiger partial charge in [0.15, 0.2) is 0 Å². The minimum absolute atomic E-state index is 0.201. The second-order valence-corrected chi connectivity index (χ2v) is 6.19. The molecule has 0 saturated heterocycles. The predicted molar refractivity (Wildman–Crippen MR) is 74.7 cm³/mol. The Balaban J connectivity index is 2.10. The summed E-state index contributed by atoms with van der Waals surface area (Å²) in [5.74, 6) is 0.0272. The van der Waals surface area contributed by atoms with Crippen molar-refractivity contribution in [2.45, 2.75) is 77.8 Å². The highest BCUT2D eigenvalue weighted by Gasteiger charge is 2.19. The standard InChI is InChI=1S/C15H29NO2/c1-11-7-9-14(10-8-11)16-13(3)6-4-5-12(2)15(17)18/h11-14,16H,4-10H2,1-3H3,(H,17,18). The first-order chi connectivity index (χ1) is 8.49. The van der Waals surface area contributed by atoms with Gasteiger partial charge in [0, 0.05) is 12.1 Å². The van der Waals surface area contributed by atoms with Crippen molar-refractivity contribution < 1.29 is 9.90 Å². The Morgan fingerprint density at radius 1 is 1.22 bits per heavy atom. The van der Waals surface area contributed by atoms with Crippen molar-refractivity contribution in [1.29, 1.82) is 0 Å². The van der Waals surface area contributed by atoms with Crippen LogP contribution in [0.4, 0.5) is 0 Å². The third kappa shape index (κ3) is 5.85. The van der Waals surface area contributed by atoms with Gasteiger partial charge in [-0.1, -0.05) is 20.3 Å². The maximum absolute atomic E-state index is 10.7. The lowest BCUT2D eigenvalue weighted by Gasteiger charge is -2.29. The van der Waals surface area contributed by atoms with Crippen LogP contribution in [0.1, 0.15) is 65.7 Å². The van der Waals surface area contributed by atoms with Crippen molar-refractivity contribution in [3.05, 3.63) is 0 Å². The molecule has 1 aliphatic carbocycles. The quantitative estimate of drug-likeness (QED) is 0.732. The molecule has 1 saturated carbocycles. The summed E-state index contributed by atoms with van der Waals surface area (Å²) in [7, 11) is 0. The van der Waals surface area contributed by atoms with E-state index < -0.39 is 5.97 Å². The maximum Gasteiger partial charge on any atom is 0.306 e. The molecular formula is C15H29NO2. The van der Waals surface area contributed by atoms with Crippen molar-refractivity contribution in [3.8, 4) is 0 Å². The highest BCUT2D eigenvalue weighted by atomic mass is 16.4. The molecule has 106 valence electrons. The molecule has 1 rings (SSSR count). The summed E-state index contributed by atoms with van der Waals surface area (Å²) in [6.07, 6.45) is 8.19. The minimum atomic E-state index is -0.670. The highest BCUT2D eigenvalue weighted by molar-refractivity contribution is 5.69. The van der Waals surface area contributed by atoms with Gasteiger partial charge in [0.05, 0.1) is 5.92 Å². The Bertz CT molecular complexity index is 247. The molecule has 0 aliphatic heterocycles. The number of carboxylic acids is 1. The van der Waals surface area contributed by atoms with Crippen LogP contribution in [0.5, 0.6) is 0 Å². The summed E-state index contributed by atoms with van der Waals surface area (Å²) in [5.41, 5.74) is 0. The maximum atomic E-state index is 10.7. The number of hydrogen-bond acceptors (Lipinski definition) is 2. The van der Waals surface area contributed by atoms with Crippen LogP contribution in [-0.2, 0) is 4.79 Å². The first-order valence-electron chi connectivity index (χ1n) is 7.48. The highest BCUT2D eigenvalue weighted by Crippen LogP contribution is 2.24. The summed E-state index contributed by atoms with van der Waals surface area (Å²) < 4.78 is 0. The smallest absolute Gasteiger partial charge is 0.306 e. The van der Waals surface area contributed by atoms with E-state index in [1.807, 2.05) is 0 Å². The van der Waals surface area contributed by atoms with Gasteiger partial charge in [-0.25, -0.2) is 0 Å². The number of aliphatic carboxylic acids is 1. The molecular weight excluding hydrogens is 226 g/mol. The summed E-state index contributed by atoms with van der Waals surface area (Å²) in [6, 6.07) is 1.21. The van der Waals surface area contributed by atoms with E-state index in [4.69, 9.17) is 5.11 Å². The molecule has 2 atom stereocenters. The zero-order valence-corrected chi connectivity index (χ0v) is 12.1. The molecule has 0 aromatic heterocycles. The van der Waals surface area contributed by atoms with E-state index in [2.05, 4.69) is 19.2 Å². The molecule has 0 aromatic rings. The third-order valence-corrected chi connectivity index (χ3v) is 4.23. The topological polar surface area (TPSA) is 49.3 Å². The Morgan fingerprint density at radius 2 is 1.83 bits per heavy atom. The molecule has 3 nitrogen and oxygen atoms in total. The van der Waals surface area contributed by atoms with Gasteiger partial charge in [0.25, 0.3) is 0 Å². The Kier molecular flexibility index (Phi) is 6.69. The van der Waals surface area contributed by atoms with Gasteiger partial charge in [-0.2, -0.15) is 0 Å². The van der Waals surface area contributed by atoms with Crippen molar-refractivity contribution >= 4 is 5.97 Å². The molecule has 0 radical (unpaired) electrons. The van der Waals surface area contributed by atoms with E-state index in [0.717, 1.165) is 25.2 Å². The van der Waals surface area contributed by atoms with Crippen LogP contribution in [0.25, 0.3) is 0 Å². The fourth-order valence-electron chi connectivity index (χ4n) is 2.77. The van der Waals surface area contributed by atoms with Crippen molar-refractivity contribution in [1.82, 2.24) is 5.32 Å². The lowest BCUT2D eigenvalue weighted by molar-refractivity contribution is -0.141. The molecule has 1 fully saturated rings. The van der Waals surface area contributed by atoms with Crippen LogP contribution in [-0.4, -0.2) is 23.2 Å². The predicted octanol–water partition coefficient (Wildman–Crippen LogP) is 3.43. The van der Waals surface area contributed by atoms with E-state index in [-0.39, 0.29) is 5.92 Å². The van der Waals surface area contributed by atoms with Crippen LogP contribution >= 0.6 is 0 Å². The molecule has 0 spiro atoms. The molecule has 1 aliphatic rings. The number of carboxylic acid groups (broad SMARTS) is 1. The van der Waals surface area contributed by atoms with Gasteiger partial charge >= 0.3 is 5.97 Å². The summed E-state index contributed by atoms with van der Waals surface area (Å²) >= 11 is 0. The van der Waals surface area contributed by atoms with Crippen molar-refractivity contribution in [3.63, 3.8) is 0 Å². The summed E-state index contributed by atoms with van der Waals surface area (Å²) in [6.45, 7) is 6.36. The number of nitrogens with one attached hydrogen (secondary N) is 1. The van der Waals surface area contributed by atoms with Gasteiger partial charge in [0.2, 0.25) is 0 Å². The Hall–Kier alpha value is -0.570. The first-order valence-corrected chi connectivity index (χ1v) is 7.48. The van der Waals surface area contributed by atoms with Crippen molar-refractivity contribution in [2.75, 3.05) is 0 Å². The number of rotatable bonds is 7. The van der Waals surface area contributed by atoms with E-state index in [9.17, 15) is 4.79 Å². The number of hydrogen-bond donors (Lipinski definition) is 2. The first kappa shape index (κ1) is 15.5. The van der Waals surface area contributed by atoms with Crippen molar-refractivity contribution in [2.24, 2.45) is 11.8 Å². The van der Waals surface area contributed by atoms with Crippen LogP contribution in [0.3, 0.4) is 0 Å². The van der Waals surface area contributed by atoms with Gasteiger partial charge in [-0.15, -0.1) is 0 Å². The Labute approximate surface area is 111 Å². The average molecular weight is 255 g/mol. The van der Waals surface area contributed by atoms with E-state index in [0.29, 0.717) is 12.1 Å². The molecule has 0 aromatic carbocycles. The molecule has 0 heterocycles.